The van der Waals surface area contributed by atoms with Gasteiger partial charge in [0.1, 0.15) is 0 Å². The first-order chi connectivity index (χ1) is 15.2. The Balaban J connectivity index is 1.41. The Morgan fingerprint density at radius 2 is 1.66 bits per heavy atom. The summed E-state index contributed by atoms with van der Waals surface area (Å²) in [6.45, 7) is 7.27. The highest BCUT2D eigenvalue weighted by atomic mass is 32.2. The topological polar surface area (TPSA) is 108 Å². The fourth-order valence-corrected chi connectivity index (χ4v) is 4.92. The second-order valence-electron chi connectivity index (χ2n) is 8.13. The summed E-state index contributed by atoms with van der Waals surface area (Å²) in [4.78, 5) is 23.2. The van der Waals surface area contributed by atoms with Crippen molar-refractivity contribution in [1.29, 1.82) is 0 Å². The number of nitrogens with zero attached hydrogens (tertiary/aromatic N) is 4. The number of carbonyl (C=O) groups is 1. The second-order valence-corrected chi connectivity index (χ2v) is 10.1. The molecule has 1 saturated heterocycles. The maximum Gasteiger partial charge on any atom is 0.243 e. The minimum Gasteiger partial charge on any atom is -0.354 e. The molecule has 1 amide bonds. The number of nitrogens with one attached hydrogen (secondary N) is 2. The van der Waals surface area contributed by atoms with Crippen LogP contribution in [-0.4, -0.2) is 73.3 Å². The van der Waals surface area contributed by atoms with Gasteiger partial charge in [0, 0.05) is 57.1 Å². The number of carbonyl (C=O) groups excluding carboxylic acids is 1. The van der Waals surface area contributed by atoms with Gasteiger partial charge in [-0.2, -0.15) is 4.31 Å². The fraction of sp³-hybridized carbons (Fsp3) is 0.500. The molecule has 0 radical (unpaired) electrons. The molecule has 0 atom stereocenters. The van der Waals surface area contributed by atoms with E-state index in [1.807, 2.05) is 27.0 Å². The van der Waals surface area contributed by atoms with Gasteiger partial charge in [-0.05, 0) is 51.1 Å². The van der Waals surface area contributed by atoms with Crippen LogP contribution in [0.15, 0.2) is 35.2 Å². The van der Waals surface area contributed by atoms with E-state index < -0.39 is 10.0 Å². The summed E-state index contributed by atoms with van der Waals surface area (Å²) >= 11 is 0. The molecule has 2 N–H and O–H groups in total. The highest BCUT2D eigenvalue weighted by Crippen LogP contribution is 2.18. The molecule has 1 fully saturated rings. The van der Waals surface area contributed by atoms with Gasteiger partial charge in [-0.25, -0.2) is 18.4 Å². The van der Waals surface area contributed by atoms with Crippen LogP contribution in [0.1, 0.15) is 29.8 Å². The number of benzene rings is 1. The highest BCUT2D eigenvalue weighted by molar-refractivity contribution is 7.89. The van der Waals surface area contributed by atoms with Gasteiger partial charge in [-0.3, -0.25) is 4.79 Å². The molecule has 0 unspecified atom stereocenters. The predicted octanol–water partition coefficient (Wildman–Crippen LogP) is 1.54. The van der Waals surface area contributed by atoms with Crippen LogP contribution in [0, 0.1) is 13.8 Å². The minimum absolute atomic E-state index is 0.0534. The molecular formula is C22H32N6O3S. The molecule has 174 valence electrons. The Hall–Kier alpha value is -2.56. The molecule has 9 nitrogen and oxygen atoms in total. The summed E-state index contributed by atoms with van der Waals surface area (Å²) in [6.07, 6.45) is 1.04. The van der Waals surface area contributed by atoms with Crippen LogP contribution in [0.3, 0.4) is 0 Å². The van der Waals surface area contributed by atoms with Gasteiger partial charge >= 0.3 is 0 Å². The lowest BCUT2D eigenvalue weighted by Gasteiger charge is -2.31. The molecule has 1 aliphatic rings. The molecule has 1 aromatic carbocycles. The molecule has 0 saturated carbocycles. The van der Waals surface area contributed by atoms with E-state index in [4.69, 9.17) is 0 Å². The van der Waals surface area contributed by atoms with Crippen molar-refractivity contribution in [3.8, 4) is 0 Å². The number of piperazine rings is 1. The van der Waals surface area contributed by atoms with Gasteiger partial charge in [-0.15, -0.1) is 0 Å². The van der Waals surface area contributed by atoms with Crippen LogP contribution in [0.25, 0.3) is 0 Å². The van der Waals surface area contributed by atoms with Crippen LogP contribution in [0.5, 0.6) is 0 Å². The number of aryl methyl sites for hydroxylation is 2. The molecule has 0 spiro atoms. The summed E-state index contributed by atoms with van der Waals surface area (Å²) in [5, 5.41) is 6.02. The summed E-state index contributed by atoms with van der Waals surface area (Å²) in [5.41, 5.74) is 2.66. The third-order valence-corrected chi connectivity index (χ3v) is 7.27. The van der Waals surface area contributed by atoms with Crippen LogP contribution < -0.4 is 10.6 Å². The molecule has 1 aliphatic heterocycles. The second kappa shape index (κ2) is 10.8. The SMILES string of the molecule is Cc1cc(C)nc(NCCCC(=O)NCc2ccc(S(=O)(=O)N3CCN(C)CC3)cc2)n1. The maximum atomic E-state index is 12.8. The van der Waals surface area contributed by atoms with E-state index in [9.17, 15) is 13.2 Å². The minimum atomic E-state index is -3.47. The number of sulfonamides is 1. The molecule has 0 bridgehead atoms. The fourth-order valence-electron chi connectivity index (χ4n) is 3.50. The van der Waals surface area contributed by atoms with Crippen molar-refractivity contribution in [3.63, 3.8) is 0 Å². The van der Waals surface area contributed by atoms with Crippen molar-refractivity contribution in [2.24, 2.45) is 0 Å². The van der Waals surface area contributed by atoms with Gasteiger partial charge in [0.2, 0.25) is 21.9 Å². The number of amides is 1. The van der Waals surface area contributed by atoms with Crippen molar-refractivity contribution in [3.05, 3.63) is 47.3 Å². The first kappa shape index (κ1) is 24.1. The zero-order chi connectivity index (χ0) is 23.1. The molecule has 32 heavy (non-hydrogen) atoms. The zero-order valence-corrected chi connectivity index (χ0v) is 19.8. The van der Waals surface area contributed by atoms with Gasteiger partial charge in [0.15, 0.2) is 0 Å². The summed E-state index contributed by atoms with van der Waals surface area (Å²) in [6, 6.07) is 8.64. The van der Waals surface area contributed by atoms with E-state index >= 15 is 0 Å². The van der Waals surface area contributed by atoms with Crippen LogP contribution >= 0.6 is 0 Å². The average molecular weight is 461 g/mol. The van der Waals surface area contributed by atoms with E-state index in [0.29, 0.717) is 45.0 Å². The van der Waals surface area contributed by atoms with Crippen molar-refractivity contribution in [1.82, 2.24) is 24.5 Å². The normalized spacial score (nSPS) is 15.5. The number of rotatable bonds is 9. The average Bonchev–Trinajstić information content (AvgIpc) is 2.75. The van der Waals surface area contributed by atoms with Crippen LogP contribution in [0.2, 0.25) is 0 Å². The van der Waals surface area contributed by atoms with E-state index in [0.717, 1.165) is 30.0 Å². The van der Waals surface area contributed by atoms with E-state index in [-0.39, 0.29) is 10.8 Å². The zero-order valence-electron chi connectivity index (χ0n) is 19.0. The summed E-state index contributed by atoms with van der Waals surface area (Å²) in [5.74, 6) is 0.525. The van der Waals surface area contributed by atoms with Crippen molar-refractivity contribution < 1.29 is 13.2 Å². The van der Waals surface area contributed by atoms with Gasteiger partial charge < -0.3 is 15.5 Å². The molecule has 2 aromatic rings. The molecule has 0 aliphatic carbocycles. The number of hydrogen-bond acceptors (Lipinski definition) is 7. The number of hydrogen-bond donors (Lipinski definition) is 2. The lowest BCUT2D eigenvalue weighted by Crippen LogP contribution is -2.47. The van der Waals surface area contributed by atoms with Crippen LogP contribution in [0.4, 0.5) is 5.95 Å². The molecular weight excluding hydrogens is 428 g/mol. The Morgan fingerprint density at radius 1 is 1.03 bits per heavy atom. The Kier molecular flexibility index (Phi) is 8.16. The number of likely N-dealkylation sites (N-methyl/N-ethyl adjacent to an activating group) is 1. The molecule has 1 aromatic heterocycles. The first-order valence-corrected chi connectivity index (χ1v) is 12.3. The molecule has 10 heteroatoms. The maximum absolute atomic E-state index is 12.8. The van der Waals surface area contributed by atoms with E-state index in [1.165, 1.54) is 4.31 Å². The predicted molar refractivity (Wildman–Crippen MR) is 124 cm³/mol. The van der Waals surface area contributed by atoms with E-state index in [2.05, 4.69) is 25.5 Å². The lowest BCUT2D eigenvalue weighted by molar-refractivity contribution is -0.121. The smallest absolute Gasteiger partial charge is 0.243 e. The van der Waals surface area contributed by atoms with Gasteiger partial charge in [0.05, 0.1) is 4.90 Å². The third kappa shape index (κ3) is 6.72. The number of anilines is 1. The largest absolute Gasteiger partial charge is 0.354 e. The quantitative estimate of drug-likeness (QED) is 0.547. The van der Waals surface area contributed by atoms with Crippen molar-refractivity contribution >= 4 is 21.9 Å². The Morgan fingerprint density at radius 3 is 2.28 bits per heavy atom. The van der Waals surface area contributed by atoms with Crippen molar-refractivity contribution in [2.45, 2.75) is 38.1 Å². The van der Waals surface area contributed by atoms with Gasteiger partial charge in [-0.1, -0.05) is 12.1 Å². The summed E-state index contributed by atoms with van der Waals surface area (Å²) in [7, 11) is -1.49. The summed E-state index contributed by atoms with van der Waals surface area (Å²) < 4.78 is 27.1. The monoisotopic (exact) mass is 460 g/mol. The number of aromatic nitrogens is 2. The van der Waals surface area contributed by atoms with E-state index in [1.54, 1.807) is 24.3 Å². The third-order valence-electron chi connectivity index (χ3n) is 5.36. The standard InChI is InChI=1S/C22H32N6O3S/c1-17-15-18(2)26-22(25-17)23-10-4-5-21(29)24-16-19-6-8-20(9-7-19)32(30,31)28-13-11-27(3)12-14-28/h6-9,15H,4-5,10-14,16H2,1-3H3,(H,24,29)(H,23,25,26). The van der Waals surface area contributed by atoms with Crippen molar-refractivity contribution in [2.75, 3.05) is 45.1 Å². The first-order valence-electron chi connectivity index (χ1n) is 10.8. The van der Waals surface area contributed by atoms with Gasteiger partial charge in [0.25, 0.3) is 0 Å². The Labute approximate surface area is 190 Å². The molecule has 2 heterocycles. The van der Waals surface area contributed by atoms with Crippen LogP contribution in [-0.2, 0) is 21.4 Å². The lowest BCUT2D eigenvalue weighted by atomic mass is 10.2. The Bertz CT molecular complexity index is 998. The highest BCUT2D eigenvalue weighted by Gasteiger charge is 2.27. The molecule has 3 rings (SSSR count).